The standard InChI is InChI=1S/C13H10N2O5S2/c1-19-12-14-13(21-15-12)22(17,18)7-9-6-8-4-2-3-5-10(8)20-11(9)16/h2-6H,7H2,1H3. The smallest absolute Gasteiger partial charge is 0.340 e. The zero-order chi connectivity index (χ0) is 15.7. The van der Waals surface area contributed by atoms with Crippen LogP contribution in [0, 0.1) is 0 Å². The van der Waals surface area contributed by atoms with Gasteiger partial charge in [0.15, 0.2) is 0 Å². The second kappa shape index (κ2) is 5.50. The van der Waals surface area contributed by atoms with E-state index < -0.39 is 21.2 Å². The molecule has 2 heterocycles. The molecule has 114 valence electrons. The number of aromatic nitrogens is 2. The summed E-state index contributed by atoms with van der Waals surface area (Å²) < 4.78 is 38.0. The maximum Gasteiger partial charge on any atom is 0.340 e. The Morgan fingerprint density at radius 3 is 2.82 bits per heavy atom. The van der Waals surface area contributed by atoms with Gasteiger partial charge in [0.25, 0.3) is 0 Å². The molecule has 0 aliphatic rings. The van der Waals surface area contributed by atoms with Crippen LogP contribution in [0.1, 0.15) is 5.56 Å². The first-order valence-corrected chi connectivity index (χ1v) is 8.54. The molecule has 0 amide bonds. The van der Waals surface area contributed by atoms with Crippen molar-refractivity contribution in [1.82, 2.24) is 9.36 Å². The van der Waals surface area contributed by atoms with Crippen LogP contribution in [0.25, 0.3) is 11.0 Å². The van der Waals surface area contributed by atoms with Gasteiger partial charge >= 0.3 is 11.6 Å². The minimum Gasteiger partial charge on any atom is -0.466 e. The fourth-order valence-electron chi connectivity index (χ4n) is 1.88. The van der Waals surface area contributed by atoms with Gasteiger partial charge in [0.1, 0.15) is 5.58 Å². The second-order valence-corrected chi connectivity index (χ2v) is 7.32. The molecule has 3 aromatic rings. The van der Waals surface area contributed by atoms with E-state index in [1.54, 1.807) is 24.3 Å². The number of ether oxygens (including phenoxy) is 1. The summed E-state index contributed by atoms with van der Waals surface area (Å²) in [7, 11) is -2.45. The Morgan fingerprint density at radius 1 is 1.32 bits per heavy atom. The molecule has 22 heavy (non-hydrogen) atoms. The van der Waals surface area contributed by atoms with Gasteiger partial charge in [0, 0.05) is 16.9 Å². The van der Waals surface area contributed by atoms with Crippen molar-refractivity contribution in [1.29, 1.82) is 0 Å². The van der Waals surface area contributed by atoms with E-state index in [1.165, 1.54) is 13.2 Å². The third kappa shape index (κ3) is 2.72. The minimum atomic E-state index is -3.79. The van der Waals surface area contributed by atoms with Crippen molar-refractivity contribution in [2.24, 2.45) is 0 Å². The van der Waals surface area contributed by atoms with Crippen molar-refractivity contribution in [3.8, 4) is 6.01 Å². The van der Waals surface area contributed by atoms with Gasteiger partial charge in [-0.25, -0.2) is 13.2 Å². The Bertz CT molecular complexity index is 991. The minimum absolute atomic E-state index is 0.0193. The number of hydrogen-bond donors (Lipinski definition) is 0. The molecule has 0 saturated carbocycles. The highest BCUT2D eigenvalue weighted by atomic mass is 32.2. The van der Waals surface area contributed by atoms with E-state index in [9.17, 15) is 13.2 Å². The fraction of sp³-hybridized carbons (Fsp3) is 0.154. The molecular formula is C13H10N2O5S2. The van der Waals surface area contributed by atoms with E-state index in [-0.39, 0.29) is 15.9 Å². The van der Waals surface area contributed by atoms with Gasteiger partial charge in [-0.3, -0.25) is 0 Å². The van der Waals surface area contributed by atoms with E-state index in [2.05, 4.69) is 9.36 Å². The Kier molecular flexibility index (Phi) is 3.67. The van der Waals surface area contributed by atoms with Gasteiger partial charge in [-0.2, -0.15) is 4.98 Å². The van der Waals surface area contributed by atoms with Crippen molar-refractivity contribution in [3.05, 3.63) is 46.3 Å². The van der Waals surface area contributed by atoms with Gasteiger partial charge in [-0.15, -0.1) is 4.37 Å². The van der Waals surface area contributed by atoms with Crippen LogP contribution < -0.4 is 10.4 Å². The van der Waals surface area contributed by atoms with Crippen molar-refractivity contribution in [2.75, 3.05) is 7.11 Å². The summed E-state index contributed by atoms with van der Waals surface area (Å²) in [6.07, 6.45) is 0. The average molecular weight is 338 g/mol. The largest absolute Gasteiger partial charge is 0.466 e. The first-order chi connectivity index (χ1) is 10.5. The number of benzene rings is 1. The van der Waals surface area contributed by atoms with Crippen LogP contribution >= 0.6 is 11.5 Å². The molecule has 0 aliphatic heterocycles. The van der Waals surface area contributed by atoms with Crippen molar-refractivity contribution in [3.63, 3.8) is 0 Å². The number of methoxy groups -OCH3 is 1. The maximum atomic E-state index is 12.3. The fourth-order valence-corrected chi connectivity index (χ4v) is 3.96. The highest BCUT2D eigenvalue weighted by molar-refractivity contribution is 7.92. The summed E-state index contributed by atoms with van der Waals surface area (Å²) in [5, 5.41) is 0.655. The highest BCUT2D eigenvalue weighted by Gasteiger charge is 2.23. The molecule has 7 nitrogen and oxygen atoms in total. The lowest BCUT2D eigenvalue weighted by atomic mass is 10.2. The van der Waals surface area contributed by atoms with Crippen LogP contribution in [0.3, 0.4) is 0 Å². The number of hydrogen-bond acceptors (Lipinski definition) is 8. The van der Waals surface area contributed by atoms with Crippen molar-refractivity contribution < 1.29 is 17.6 Å². The number of fused-ring (bicyclic) bond motifs is 1. The topological polar surface area (TPSA) is 99.4 Å². The van der Waals surface area contributed by atoms with Crippen LogP contribution in [0.2, 0.25) is 0 Å². The van der Waals surface area contributed by atoms with Crippen LogP contribution in [-0.2, 0) is 15.6 Å². The van der Waals surface area contributed by atoms with E-state index in [1.807, 2.05) is 0 Å². The number of rotatable bonds is 4. The molecule has 0 saturated heterocycles. The molecule has 3 rings (SSSR count). The lowest BCUT2D eigenvalue weighted by molar-refractivity contribution is 0.383. The maximum absolute atomic E-state index is 12.3. The Hall–Kier alpha value is -2.26. The first kappa shape index (κ1) is 14.7. The highest BCUT2D eigenvalue weighted by Crippen LogP contribution is 2.21. The van der Waals surface area contributed by atoms with Gasteiger partial charge < -0.3 is 9.15 Å². The van der Waals surface area contributed by atoms with Crippen LogP contribution in [-0.4, -0.2) is 24.9 Å². The van der Waals surface area contributed by atoms with Gasteiger partial charge in [-0.1, -0.05) is 18.2 Å². The first-order valence-electron chi connectivity index (χ1n) is 6.12. The quantitative estimate of drug-likeness (QED) is 0.667. The SMILES string of the molecule is COc1nsc(S(=O)(=O)Cc2cc3ccccc3oc2=O)n1. The van der Waals surface area contributed by atoms with E-state index >= 15 is 0 Å². The van der Waals surface area contributed by atoms with Crippen molar-refractivity contribution >= 4 is 32.3 Å². The molecule has 1 aromatic carbocycles. The summed E-state index contributed by atoms with van der Waals surface area (Å²) in [4.78, 5) is 15.7. The molecule has 2 aromatic heterocycles. The number of sulfone groups is 1. The lowest BCUT2D eigenvalue weighted by Crippen LogP contribution is -2.13. The normalized spacial score (nSPS) is 11.7. The third-order valence-corrected chi connectivity index (χ3v) is 5.69. The predicted octanol–water partition coefficient (Wildman–Crippen LogP) is 1.63. The van der Waals surface area contributed by atoms with Crippen molar-refractivity contribution in [2.45, 2.75) is 10.1 Å². The molecular weight excluding hydrogens is 328 g/mol. The molecule has 0 aliphatic carbocycles. The molecule has 9 heteroatoms. The third-order valence-electron chi connectivity index (χ3n) is 2.90. The average Bonchev–Trinajstić information content (AvgIpc) is 2.98. The molecule has 0 unspecified atom stereocenters. The van der Waals surface area contributed by atoms with Gasteiger partial charge in [-0.05, 0) is 12.1 Å². The summed E-state index contributed by atoms with van der Waals surface area (Å²) in [6.45, 7) is 0. The van der Waals surface area contributed by atoms with Crippen LogP contribution in [0.5, 0.6) is 6.01 Å². The van der Waals surface area contributed by atoms with E-state index in [0.717, 1.165) is 0 Å². The van der Waals surface area contributed by atoms with E-state index in [0.29, 0.717) is 22.5 Å². The van der Waals surface area contributed by atoms with Crippen LogP contribution in [0.4, 0.5) is 0 Å². The summed E-state index contributed by atoms with van der Waals surface area (Å²) in [5.41, 5.74) is -0.224. The Labute approximate surface area is 129 Å². The Balaban J connectivity index is 2.01. The molecule has 0 bridgehead atoms. The monoisotopic (exact) mass is 338 g/mol. The Morgan fingerprint density at radius 2 is 2.09 bits per heavy atom. The lowest BCUT2D eigenvalue weighted by Gasteiger charge is -2.02. The summed E-state index contributed by atoms with van der Waals surface area (Å²) in [5.74, 6) is -0.501. The number of para-hydroxylation sites is 1. The molecule has 0 N–H and O–H groups in total. The predicted molar refractivity (Wildman–Crippen MR) is 79.8 cm³/mol. The molecule has 0 spiro atoms. The molecule has 0 fully saturated rings. The second-order valence-electron chi connectivity index (χ2n) is 4.40. The van der Waals surface area contributed by atoms with Gasteiger partial charge in [0.05, 0.1) is 18.4 Å². The molecule has 0 radical (unpaired) electrons. The zero-order valence-corrected chi connectivity index (χ0v) is 13.0. The van der Waals surface area contributed by atoms with Crippen LogP contribution in [0.15, 0.2) is 43.9 Å². The van der Waals surface area contributed by atoms with E-state index in [4.69, 9.17) is 9.15 Å². The molecule has 0 atom stereocenters. The van der Waals surface area contributed by atoms with Gasteiger partial charge in [0.2, 0.25) is 14.2 Å². The summed E-state index contributed by atoms with van der Waals surface area (Å²) >= 11 is 0.703. The zero-order valence-electron chi connectivity index (χ0n) is 11.3. The number of nitrogens with zero attached hydrogens (tertiary/aromatic N) is 2. The summed E-state index contributed by atoms with van der Waals surface area (Å²) in [6, 6.07) is 8.38.